The molecular formula is C19H27ClN4O. The van der Waals surface area contributed by atoms with Gasteiger partial charge in [0.25, 0.3) is 0 Å². The lowest BCUT2D eigenvalue weighted by Gasteiger charge is -2.31. The average molecular weight is 363 g/mol. The second kappa shape index (κ2) is 8.21. The highest BCUT2D eigenvalue weighted by Gasteiger charge is 2.29. The quantitative estimate of drug-likeness (QED) is 0.778. The zero-order valence-corrected chi connectivity index (χ0v) is 16.0. The first kappa shape index (κ1) is 18.2. The van der Waals surface area contributed by atoms with Crippen LogP contribution < -0.4 is 0 Å². The molecule has 25 heavy (non-hydrogen) atoms. The molecule has 2 heterocycles. The van der Waals surface area contributed by atoms with Crippen LogP contribution in [0.3, 0.4) is 0 Å². The van der Waals surface area contributed by atoms with Gasteiger partial charge in [0.1, 0.15) is 0 Å². The van der Waals surface area contributed by atoms with Crippen molar-refractivity contribution in [2.24, 2.45) is 10.9 Å². The summed E-state index contributed by atoms with van der Waals surface area (Å²) in [6, 6.07) is 7.93. The Bertz CT molecular complexity index is 629. The third-order valence-electron chi connectivity index (χ3n) is 4.44. The lowest BCUT2D eigenvalue weighted by atomic mass is 10.2. The molecule has 2 unspecified atom stereocenters. The summed E-state index contributed by atoms with van der Waals surface area (Å²) in [5.41, 5.74) is 2.28. The van der Waals surface area contributed by atoms with E-state index in [1.165, 1.54) is 5.70 Å². The van der Waals surface area contributed by atoms with Gasteiger partial charge in [0.05, 0.1) is 19.0 Å². The smallest absolute Gasteiger partial charge is 0.157 e. The van der Waals surface area contributed by atoms with Gasteiger partial charge in [-0.05, 0) is 32.1 Å². The van der Waals surface area contributed by atoms with E-state index in [0.717, 1.165) is 36.9 Å². The van der Waals surface area contributed by atoms with Crippen molar-refractivity contribution in [1.29, 1.82) is 0 Å². The van der Waals surface area contributed by atoms with Gasteiger partial charge in [0.15, 0.2) is 6.23 Å². The Kier molecular flexibility index (Phi) is 5.99. The van der Waals surface area contributed by atoms with E-state index >= 15 is 0 Å². The van der Waals surface area contributed by atoms with Gasteiger partial charge < -0.3 is 19.4 Å². The highest BCUT2D eigenvalue weighted by molar-refractivity contribution is 6.30. The van der Waals surface area contributed by atoms with Gasteiger partial charge in [-0.2, -0.15) is 0 Å². The number of hydrogen-bond acceptors (Lipinski definition) is 5. The summed E-state index contributed by atoms with van der Waals surface area (Å²) >= 11 is 6.06. The van der Waals surface area contributed by atoms with E-state index in [1.807, 2.05) is 30.5 Å². The van der Waals surface area contributed by atoms with Crippen molar-refractivity contribution < 1.29 is 4.74 Å². The topological polar surface area (TPSA) is 31.3 Å². The van der Waals surface area contributed by atoms with Crippen molar-refractivity contribution in [3.63, 3.8) is 0 Å². The molecule has 0 bridgehead atoms. The summed E-state index contributed by atoms with van der Waals surface area (Å²) in [4.78, 5) is 11.3. The predicted molar refractivity (Wildman–Crippen MR) is 103 cm³/mol. The number of halogens is 1. The molecule has 1 aromatic rings. The Morgan fingerprint density at radius 3 is 2.80 bits per heavy atom. The lowest BCUT2D eigenvalue weighted by molar-refractivity contribution is -0.0502. The van der Waals surface area contributed by atoms with E-state index in [4.69, 9.17) is 16.3 Å². The van der Waals surface area contributed by atoms with Gasteiger partial charge in [0, 0.05) is 42.6 Å². The van der Waals surface area contributed by atoms with Gasteiger partial charge in [-0.3, -0.25) is 4.99 Å². The SMILES string of the molecule is CC1CN=CC2=CN(C(OCCN(C)C)c3ccc(Cl)cc3)CN2C1. The zero-order valence-electron chi connectivity index (χ0n) is 15.2. The van der Waals surface area contributed by atoms with Crippen molar-refractivity contribution in [3.05, 3.63) is 46.7 Å². The van der Waals surface area contributed by atoms with Crippen LogP contribution in [0, 0.1) is 5.92 Å². The summed E-state index contributed by atoms with van der Waals surface area (Å²) in [7, 11) is 4.11. The molecule has 6 heteroatoms. The van der Waals surface area contributed by atoms with Gasteiger partial charge in [-0.1, -0.05) is 30.7 Å². The monoisotopic (exact) mass is 362 g/mol. The van der Waals surface area contributed by atoms with Crippen LogP contribution in [0.25, 0.3) is 0 Å². The minimum atomic E-state index is -0.125. The number of likely N-dealkylation sites (N-methyl/N-ethyl adjacent to an activating group) is 1. The standard InChI is InChI=1S/C19H27ClN4O/c1-15-10-21-11-18-13-24(14-23(18)12-15)19(25-9-8-22(2)3)16-4-6-17(20)7-5-16/h4-7,11,13,15,19H,8-10,12,14H2,1-3H3. The number of nitrogens with zero attached hydrogens (tertiary/aromatic N) is 4. The maximum Gasteiger partial charge on any atom is 0.157 e. The maximum atomic E-state index is 6.25. The van der Waals surface area contributed by atoms with Crippen LogP contribution in [-0.4, -0.2) is 67.9 Å². The van der Waals surface area contributed by atoms with Crippen LogP contribution in [-0.2, 0) is 4.74 Å². The third-order valence-corrected chi connectivity index (χ3v) is 4.69. The first-order valence-corrected chi connectivity index (χ1v) is 9.15. The number of allylic oxidation sites excluding steroid dienone is 1. The van der Waals surface area contributed by atoms with E-state index in [0.29, 0.717) is 12.5 Å². The Morgan fingerprint density at radius 2 is 2.08 bits per heavy atom. The molecule has 0 aromatic heterocycles. The minimum absolute atomic E-state index is 0.125. The number of ether oxygens (including phenoxy) is 1. The van der Waals surface area contributed by atoms with Crippen molar-refractivity contribution in [1.82, 2.24) is 14.7 Å². The van der Waals surface area contributed by atoms with Gasteiger partial charge in [0.2, 0.25) is 0 Å². The van der Waals surface area contributed by atoms with Crippen molar-refractivity contribution in [2.75, 3.05) is 47.0 Å². The fourth-order valence-electron chi connectivity index (χ4n) is 3.11. The first-order chi connectivity index (χ1) is 12.0. The van der Waals surface area contributed by atoms with Crippen LogP contribution in [0.1, 0.15) is 18.7 Å². The molecule has 2 atom stereocenters. The van der Waals surface area contributed by atoms with Crippen molar-refractivity contribution in [2.45, 2.75) is 13.2 Å². The third kappa shape index (κ3) is 4.75. The highest BCUT2D eigenvalue weighted by atomic mass is 35.5. The Hall–Kier alpha value is -1.56. The van der Waals surface area contributed by atoms with Crippen LogP contribution in [0.4, 0.5) is 0 Å². The molecule has 5 nitrogen and oxygen atoms in total. The molecule has 0 spiro atoms. The van der Waals surface area contributed by atoms with Crippen LogP contribution >= 0.6 is 11.6 Å². The maximum absolute atomic E-state index is 6.25. The molecule has 2 aliphatic heterocycles. The largest absolute Gasteiger partial charge is 0.353 e. The molecule has 0 fully saturated rings. The van der Waals surface area contributed by atoms with E-state index in [-0.39, 0.29) is 6.23 Å². The number of fused-ring (bicyclic) bond motifs is 1. The summed E-state index contributed by atoms with van der Waals surface area (Å²) in [5.74, 6) is 0.561. The Morgan fingerprint density at radius 1 is 1.32 bits per heavy atom. The molecule has 1 aromatic carbocycles. The van der Waals surface area contributed by atoms with Crippen LogP contribution in [0.2, 0.25) is 5.02 Å². The predicted octanol–water partition coefficient (Wildman–Crippen LogP) is 3.05. The number of rotatable bonds is 6. The van der Waals surface area contributed by atoms with E-state index in [2.05, 4.69) is 46.9 Å². The van der Waals surface area contributed by atoms with Crippen molar-refractivity contribution >= 4 is 17.8 Å². The molecule has 0 aliphatic carbocycles. The second-order valence-electron chi connectivity index (χ2n) is 7.11. The number of hydrogen-bond donors (Lipinski definition) is 0. The summed E-state index contributed by atoms with van der Waals surface area (Å²) in [6.45, 7) is 6.54. The van der Waals surface area contributed by atoms with E-state index in [1.54, 1.807) is 0 Å². The molecule has 0 saturated heterocycles. The molecule has 2 aliphatic rings. The molecule has 0 N–H and O–H groups in total. The zero-order chi connectivity index (χ0) is 17.8. The van der Waals surface area contributed by atoms with Crippen molar-refractivity contribution in [3.8, 4) is 0 Å². The van der Waals surface area contributed by atoms with E-state index in [9.17, 15) is 0 Å². The van der Waals surface area contributed by atoms with Gasteiger partial charge in [-0.25, -0.2) is 0 Å². The molecule has 136 valence electrons. The highest BCUT2D eigenvalue weighted by Crippen LogP contribution is 2.30. The first-order valence-electron chi connectivity index (χ1n) is 8.77. The molecule has 3 rings (SSSR count). The van der Waals surface area contributed by atoms with Crippen LogP contribution in [0.5, 0.6) is 0 Å². The van der Waals surface area contributed by atoms with E-state index < -0.39 is 0 Å². The molecule has 0 amide bonds. The Labute approximate surface area is 155 Å². The molecule has 0 radical (unpaired) electrons. The lowest BCUT2D eigenvalue weighted by Crippen LogP contribution is -2.34. The summed E-state index contributed by atoms with van der Waals surface area (Å²) < 4.78 is 6.25. The number of benzene rings is 1. The van der Waals surface area contributed by atoms with Crippen LogP contribution in [0.15, 0.2) is 41.2 Å². The summed E-state index contributed by atoms with van der Waals surface area (Å²) in [5, 5.41) is 0.741. The minimum Gasteiger partial charge on any atom is -0.353 e. The summed E-state index contributed by atoms with van der Waals surface area (Å²) in [6.07, 6.45) is 4.03. The fraction of sp³-hybridized carbons (Fsp3) is 0.526. The normalized spacial score (nSPS) is 21.3. The van der Waals surface area contributed by atoms with Gasteiger partial charge in [-0.15, -0.1) is 0 Å². The number of aliphatic imine (C=N–C) groups is 1. The average Bonchev–Trinajstić information content (AvgIpc) is 2.86. The Balaban J connectivity index is 1.78. The fourth-order valence-corrected chi connectivity index (χ4v) is 3.24. The van der Waals surface area contributed by atoms with Gasteiger partial charge >= 0.3 is 0 Å². The molecular weight excluding hydrogens is 336 g/mol. The molecule has 0 saturated carbocycles. The second-order valence-corrected chi connectivity index (χ2v) is 7.55.